The van der Waals surface area contributed by atoms with Crippen LogP contribution in [0, 0.1) is 0 Å². The van der Waals surface area contributed by atoms with Crippen molar-refractivity contribution in [3.05, 3.63) is 88.9 Å². The normalized spacial score (nSPS) is 16.6. The standard InChI is InChI=1S/C29H29BrN4O4/c1-38-25-12-6-9-23(18-25)31-26(35)19-33-20-34(24-10-3-2-4-11-24)29(28(33)37)13-15-32(16-14-29)27(36)21-7-5-8-22(30)17-21/h2-12,17-18H,13-16,19-20H2,1H3,(H,31,35). The van der Waals surface area contributed by atoms with Crippen molar-refractivity contribution in [2.45, 2.75) is 18.4 Å². The van der Waals surface area contributed by atoms with Crippen LogP contribution in [0.5, 0.6) is 5.75 Å². The van der Waals surface area contributed by atoms with Gasteiger partial charge in [0.05, 0.1) is 13.8 Å². The van der Waals surface area contributed by atoms with Crippen LogP contribution in [-0.2, 0) is 9.59 Å². The van der Waals surface area contributed by atoms with E-state index in [0.717, 1.165) is 10.2 Å². The summed E-state index contributed by atoms with van der Waals surface area (Å²) in [5.74, 6) is 0.224. The quantitative estimate of drug-likeness (QED) is 0.471. The van der Waals surface area contributed by atoms with Gasteiger partial charge < -0.3 is 24.8 Å². The van der Waals surface area contributed by atoms with Crippen molar-refractivity contribution < 1.29 is 19.1 Å². The molecule has 0 unspecified atom stereocenters. The minimum absolute atomic E-state index is 0.0487. The summed E-state index contributed by atoms with van der Waals surface area (Å²) in [6, 6.07) is 24.2. The van der Waals surface area contributed by atoms with Crippen molar-refractivity contribution in [3.63, 3.8) is 0 Å². The zero-order chi connectivity index (χ0) is 26.7. The number of anilines is 2. The third-order valence-electron chi connectivity index (χ3n) is 7.22. The summed E-state index contributed by atoms with van der Waals surface area (Å²) in [5.41, 5.74) is 1.33. The molecule has 0 atom stereocenters. The van der Waals surface area contributed by atoms with Crippen molar-refractivity contribution in [1.82, 2.24) is 9.80 Å². The maximum atomic E-state index is 13.9. The fourth-order valence-electron chi connectivity index (χ4n) is 5.28. The van der Waals surface area contributed by atoms with Gasteiger partial charge in [0.2, 0.25) is 5.91 Å². The lowest BCUT2D eigenvalue weighted by atomic mass is 9.85. The predicted octanol–water partition coefficient (Wildman–Crippen LogP) is 4.38. The van der Waals surface area contributed by atoms with Crippen LogP contribution in [0.3, 0.4) is 0 Å². The molecule has 3 aromatic carbocycles. The summed E-state index contributed by atoms with van der Waals surface area (Å²) >= 11 is 3.43. The Bertz CT molecular complexity index is 1340. The molecule has 1 N–H and O–H groups in total. The Morgan fingerprint density at radius 1 is 0.974 bits per heavy atom. The zero-order valence-electron chi connectivity index (χ0n) is 21.1. The molecule has 1 spiro atoms. The van der Waals surface area contributed by atoms with Gasteiger partial charge in [-0.1, -0.05) is 46.3 Å². The summed E-state index contributed by atoms with van der Waals surface area (Å²) in [4.78, 5) is 45.5. The lowest BCUT2D eigenvalue weighted by Gasteiger charge is -2.43. The van der Waals surface area contributed by atoms with Crippen molar-refractivity contribution in [2.75, 3.05) is 43.6 Å². The first-order valence-corrected chi connectivity index (χ1v) is 13.3. The highest BCUT2D eigenvalue weighted by molar-refractivity contribution is 9.10. The number of likely N-dealkylation sites (tertiary alicyclic amines) is 1. The Hall–Kier alpha value is -3.85. The number of carbonyl (C=O) groups is 3. The molecular weight excluding hydrogens is 548 g/mol. The van der Waals surface area contributed by atoms with Crippen LogP contribution in [0.4, 0.5) is 11.4 Å². The number of halogens is 1. The molecule has 0 aromatic heterocycles. The molecule has 2 aliphatic rings. The summed E-state index contributed by atoms with van der Waals surface area (Å²) in [6.45, 7) is 1.13. The second-order valence-electron chi connectivity index (χ2n) is 9.52. The summed E-state index contributed by atoms with van der Waals surface area (Å²) in [7, 11) is 1.57. The molecule has 2 heterocycles. The molecule has 8 nitrogen and oxygen atoms in total. The van der Waals surface area contributed by atoms with Gasteiger partial charge in [-0.05, 0) is 55.3 Å². The number of nitrogens with one attached hydrogen (secondary N) is 1. The highest BCUT2D eigenvalue weighted by Gasteiger charge is 2.54. The van der Waals surface area contributed by atoms with E-state index in [2.05, 4.69) is 26.1 Å². The third kappa shape index (κ3) is 5.11. The molecule has 0 bridgehead atoms. The lowest BCUT2D eigenvalue weighted by Crippen LogP contribution is -2.57. The van der Waals surface area contributed by atoms with Gasteiger partial charge in [0.25, 0.3) is 11.8 Å². The first kappa shape index (κ1) is 25.8. The highest BCUT2D eigenvalue weighted by atomic mass is 79.9. The number of rotatable bonds is 6. The fourth-order valence-corrected chi connectivity index (χ4v) is 5.68. The molecule has 2 aliphatic heterocycles. The van der Waals surface area contributed by atoms with Crippen LogP contribution in [0.15, 0.2) is 83.3 Å². The van der Waals surface area contributed by atoms with Gasteiger partial charge in [0.15, 0.2) is 0 Å². The highest BCUT2D eigenvalue weighted by Crippen LogP contribution is 2.39. The molecule has 0 radical (unpaired) electrons. The number of methoxy groups -OCH3 is 1. The van der Waals surface area contributed by atoms with Gasteiger partial charge in [-0.2, -0.15) is 0 Å². The molecule has 3 aromatic rings. The monoisotopic (exact) mass is 576 g/mol. The molecule has 5 rings (SSSR count). The maximum absolute atomic E-state index is 13.9. The van der Waals surface area contributed by atoms with E-state index >= 15 is 0 Å². The Morgan fingerprint density at radius 3 is 2.42 bits per heavy atom. The molecule has 3 amide bonds. The average molecular weight is 577 g/mol. The summed E-state index contributed by atoms with van der Waals surface area (Å²) in [6.07, 6.45) is 0.961. The van der Waals surface area contributed by atoms with Crippen LogP contribution in [-0.4, -0.2) is 66.5 Å². The Labute approximate surface area is 230 Å². The van der Waals surface area contributed by atoms with E-state index < -0.39 is 5.54 Å². The lowest BCUT2D eigenvalue weighted by molar-refractivity contribution is -0.136. The molecule has 9 heteroatoms. The van der Waals surface area contributed by atoms with Crippen LogP contribution in [0.25, 0.3) is 0 Å². The van der Waals surface area contributed by atoms with Gasteiger partial charge >= 0.3 is 0 Å². The number of hydrogen-bond donors (Lipinski definition) is 1. The minimum Gasteiger partial charge on any atom is -0.497 e. The Kier molecular flexibility index (Phi) is 7.37. The SMILES string of the molecule is COc1cccc(NC(=O)CN2CN(c3ccccc3)C3(CCN(C(=O)c4cccc(Br)c4)CC3)C2=O)c1. The number of hydrogen-bond acceptors (Lipinski definition) is 5. The van der Waals surface area contributed by atoms with Crippen LogP contribution in [0.1, 0.15) is 23.2 Å². The molecule has 2 saturated heterocycles. The largest absolute Gasteiger partial charge is 0.497 e. The van der Waals surface area contributed by atoms with E-state index in [4.69, 9.17) is 4.74 Å². The van der Waals surface area contributed by atoms with E-state index in [0.29, 0.717) is 49.6 Å². The number of benzene rings is 3. The topological polar surface area (TPSA) is 82.2 Å². The van der Waals surface area contributed by atoms with Crippen molar-refractivity contribution in [1.29, 1.82) is 0 Å². The van der Waals surface area contributed by atoms with Crippen molar-refractivity contribution in [2.24, 2.45) is 0 Å². The average Bonchev–Trinajstić information content (AvgIpc) is 3.19. The number of carbonyl (C=O) groups excluding carboxylic acids is 3. The number of ether oxygens (including phenoxy) is 1. The smallest absolute Gasteiger partial charge is 0.253 e. The number of amides is 3. The molecule has 0 saturated carbocycles. The second-order valence-corrected chi connectivity index (χ2v) is 10.4. The van der Waals surface area contributed by atoms with E-state index in [-0.39, 0.29) is 24.3 Å². The van der Waals surface area contributed by atoms with E-state index in [9.17, 15) is 14.4 Å². The number of nitrogens with zero attached hydrogens (tertiary/aromatic N) is 3. The van der Waals surface area contributed by atoms with Crippen LogP contribution in [0.2, 0.25) is 0 Å². The van der Waals surface area contributed by atoms with Crippen LogP contribution >= 0.6 is 15.9 Å². The van der Waals surface area contributed by atoms with Crippen molar-refractivity contribution in [3.8, 4) is 5.75 Å². The van der Waals surface area contributed by atoms with Gasteiger partial charge in [-0.3, -0.25) is 14.4 Å². The van der Waals surface area contributed by atoms with Gasteiger partial charge in [0, 0.05) is 40.6 Å². The van der Waals surface area contributed by atoms with Gasteiger partial charge in [-0.15, -0.1) is 0 Å². The van der Waals surface area contributed by atoms with Gasteiger partial charge in [0.1, 0.15) is 17.8 Å². The molecule has 196 valence electrons. The van der Waals surface area contributed by atoms with E-state index in [1.807, 2.05) is 53.4 Å². The molecule has 38 heavy (non-hydrogen) atoms. The van der Waals surface area contributed by atoms with E-state index in [1.54, 1.807) is 42.3 Å². The predicted molar refractivity (Wildman–Crippen MR) is 149 cm³/mol. The van der Waals surface area contributed by atoms with Gasteiger partial charge in [-0.25, -0.2) is 0 Å². The Balaban J connectivity index is 1.33. The fraction of sp³-hybridized carbons (Fsp3) is 0.276. The second kappa shape index (κ2) is 10.9. The summed E-state index contributed by atoms with van der Waals surface area (Å²) < 4.78 is 6.08. The Morgan fingerprint density at radius 2 is 1.71 bits per heavy atom. The zero-order valence-corrected chi connectivity index (χ0v) is 22.7. The first-order valence-electron chi connectivity index (χ1n) is 12.5. The van der Waals surface area contributed by atoms with Crippen LogP contribution < -0.4 is 15.0 Å². The summed E-state index contributed by atoms with van der Waals surface area (Å²) in [5, 5.41) is 2.87. The molecular formula is C29H29BrN4O4. The number of piperidine rings is 1. The molecule has 2 fully saturated rings. The van der Waals surface area contributed by atoms with Crippen molar-refractivity contribution >= 4 is 45.0 Å². The maximum Gasteiger partial charge on any atom is 0.253 e. The minimum atomic E-state index is -0.814. The first-order chi connectivity index (χ1) is 18.4. The molecule has 0 aliphatic carbocycles. The number of para-hydroxylation sites is 1. The third-order valence-corrected chi connectivity index (χ3v) is 7.71. The van der Waals surface area contributed by atoms with E-state index in [1.165, 1.54) is 0 Å².